The van der Waals surface area contributed by atoms with Crippen molar-refractivity contribution in [2.45, 2.75) is 46.3 Å². The Hall–Kier alpha value is -1.74. The Balaban J connectivity index is 2.02. The zero-order valence-electron chi connectivity index (χ0n) is 13.4. The molecule has 21 heavy (non-hydrogen) atoms. The van der Waals surface area contributed by atoms with Crippen LogP contribution in [0.4, 0.5) is 0 Å². The maximum atomic E-state index is 5.92. The van der Waals surface area contributed by atoms with Crippen molar-refractivity contribution >= 4 is 0 Å². The number of hydrogen-bond acceptors (Lipinski definition) is 3. The van der Waals surface area contributed by atoms with Crippen LogP contribution in [0.5, 0.6) is 5.75 Å². The van der Waals surface area contributed by atoms with E-state index in [1.807, 2.05) is 18.2 Å². The first-order valence-electron chi connectivity index (χ1n) is 7.50. The summed E-state index contributed by atoms with van der Waals surface area (Å²) < 4.78 is 11.4. The quantitative estimate of drug-likeness (QED) is 0.861. The van der Waals surface area contributed by atoms with E-state index < -0.39 is 0 Å². The van der Waals surface area contributed by atoms with Gasteiger partial charge in [-0.05, 0) is 35.7 Å². The Kier molecular flexibility index (Phi) is 5.07. The van der Waals surface area contributed by atoms with Crippen molar-refractivity contribution in [1.82, 2.24) is 5.32 Å². The fourth-order valence-electron chi connectivity index (χ4n) is 2.10. The molecule has 2 rings (SSSR count). The molecule has 3 nitrogen and oxygen atoms in total. The van der Waals surface area contributed by atoms with Crippen LogP contribution in [0.2, 0.25) is 0 Å². The lowest BCUT2D eigenvalue weighted by atomic mass is 9.87. The van der Waals surface area contributed by atoms with Gasteiger partial charge in [0.1, 0.15) is 18.1 Å². The molecule has 0 atom stereocenters. The van der Waals surface area contributed by atoms with Crippen LogP contribution in [0.1, 0.15) is 44.6 Å². The van der Waals surface area contributed by atoms with Crippen LogP contribution < -0.4 is 10.1 Å². The summed E-state index contributed by atoms with van der Waals surface area (Å²) in [5.41, 5.74) is 2.50. The molecule has 0 spiro atoms. The second-order valence-corrected chi connectivity index (χ2v) is 6.22. The van der Waals surface area contributed by atoms with E-state index in [0.717, 1.165) is 30.2 Å². The van der Waals surface area contributed by atoms with Gasteiger partial charge in [-0.25, -0.2) is 0 Å². The molecule has 0 aliphatic rings. The standard InChI is InChI=1S/C18H25NO2/c1-5-19-12-17-14(9-10-20-17)13-21-16-8-6-7-15(11-16)18(2,3)4/h6-11,19H,5,12-13H2,1-4H3. The second-order valence-electron chi connectivity index (χ2n) is 6.22. The van der Waals surface area contributed by atoms with Gasteiger partial charge >= 0.3 is 0 Å². The summed E-state index contributed by atoms with van der Waals surface area (Å²) >= 11 is 0. The summed E-state index contributed by atoms with van der Waals surface area (Å²) in [5, 5.41) is 3.27. The normalized spacial score (nSPS) is 11.6. The highest BCUT2D eigenvalue weighted by Crippen LogP contribution is 2.26. The number of nitrogens with one attached hydrogen (secondary N) is 1. The van der Waals surface area contributed by atoms with E-state index in [1.165, 1.54) is 5.56 Å². The third-order valence-electron chi connectivity index (χ3n) is 3.47. The number of ether oxygens (including phenoxy) is 1. The highest BCUT2D eigenvalue weighted by atomic mass is 16.5. The Bertz CT molecular complexity index is 567. The summed E-state index contributed by atoms with van der Waals surface area (Å²) in [6, 6.07) is 10.3. The Morgan fingerprint density at radius 3 is 2.71 bits per heavy atom. The molecule has 114 valence electrons. The maximum absolute atomic E-state index is 5.92. The minimum absolute atomic E-state index is 0.130. The van der Waals surface area contributed by atoms with Gasteiger partial charge in [-0.3, -0.25) is 0 Å². The van der Waals surface area contributed by atoms with Crippen molar-refractivity contribution in [3.63, 3.8) is 0 Å². The number of furan rings is 1. The molecule has 0 unspecified atom stereocenters. The summed E-state index contributed by atoms with van der Waals surface area (Å²) in [4.78, 5) is 0. The molecule has 0 fully saturated rings. The summed E-state index contributed by atoms with van der Waals surface area (Å²) in [6.07, 6.45) is 1.72. The smallest absolute Gasteiger partial charge is 0.124 e. The highest BCUT2D eigenvalue weighted by molar-refractivity contribution is 5.33. The molecular weight excluding hydrogens is 262 g/mol. The summed E-state index contributed by atoms with van der Waals surface area (Å²) in [6.45, 7) is 10.9. The molecule has 0 saturated carbocycles. The van der Waals surface area contributed by atoms with E-state index in [9.17, 15) is 0 Å². The third kappa shape index (κ3) is 4.36. The molecular formula is C18H25NO2. The Morgan fingerprint density at radius 1 is 1.19 bits per heavy atom. The van der Waals surface area contributed by atoms with Gasteiger partial charge in [0.05, 0.1) is 12.8 Å². The van der Waals surface area contributed by atoms with Crippen molar-refractivity contribution in [2.24, 2.45) is 0 Å². The Morgan fingerprint density at radius 2 is 2.00 bits per heavy atom. The van der Waals surface area contributed by atoms with Crippen molar-refractivity contribution in [1.29, 1.82) is 0 Å². The SMILES string of the molecule is CCNCc1occc1COc1cccc(C(C)(C)C)c1. The monoisotopic (exact) mass is 287 g/mol. The molecule has 0 aliphatic carbocycles. The van der Waals surface area contributed by atoms with Crippen LogP contribution in [0.15, 0.2) is 41.0 Å². The minimum atomic E-state index is 0.130. The van der Waals surface area contributed by atoms with E-state index in [1.54, 1.807) is 6.26 Å². The van der Waals surface area contributed by atoms with E-state index >= 15 is 0 Å². The lowest BCUT2D eigenvalue weighted by Crippen LogP contribution is -2.13. The molecule has 2 aromatic rings. The van der Waals surface area contributed by atoms with Crippen molar-refractivity contribution in [2.75, 3.05) is 6.54 Å². The van der Waals surface area contributed by atoms with Crippen LogP contribution >= 0.6 is 0 Å². The van der Waals surface area contributed by atoms with Gasteiger partial charge in [0.25, 0.3) is 0 Å². The van der Waals surface area contributed by atoms with Crippen LogP contribution in [0.25, 0.3) is 0 Å². The molecule has 3 heteroatoms. The topological polar surface area (TPSA) is 34.4 Å². The largest absolute Gasteiger partial charge is 0.489 e. The van der Waals surface area contributed by atoms with E-state index in [-0.39, 0.29) is 5.41 Å². The van der Waals surface area contributed by atoms with Crippen molar-refractivity contribution in [3.8, 4) is 5.75 Å². The maximum Gasteiger partial charge on any atom is 0.124 e. The second kappa shape index (κ2) is 6.81. The number of hydrogen-bond donors (Lipinski definition) is 1. The predicted molar refractivity (Wildman–Crippen MR) is 85.6 cm³/mol. The number of benzene rings is 1. The Labute approximate surface area is 127 Å². The van der Waals surface area contributed by atoms with Crippen LogP contribution in [0.3, 0.4) is 0 Å². The van der Waals surface area contributed by atoms with E-state index in [0.29, 0.717) is 6.61 Å². The fraction of sp³-hybridized carbons (Fsp3) is 0.444. The molecule has 1 aromatic heterocycles. The minimum Gasteiger partial charge on any atom is -0.489 e. The van der Waals surface area contributed by atoms with Crippen LogP contribution in [-0.2, 0) is 18.6 Å². The fourth-order valence-corrected chi connectivity index (χ4v) is 2.10. The molecule has 0 amide bonds. The van der Waals surface area contributed by atoms with Gasteiger partial charge in [0, 0.05) is 5.56 Å². The zero-order valence-corrected chi connectivity index (χ0v) is 13.4. The lowest BCUT2D eigenvalue weighted by Gasteiger charge is -2.19. The van der Waals surface area contributed by atoms with Gasteiger partial charge in [0.2, 0.25) is 0 Å². The van der Waals surface area contributed by atoms with E-state index in [4.69, 9.17) is 9.15 Å². The van der Waals surface area contributed by atoms with Gasteiger partial charge in [-0.1, -0.05) is 39.8 Å². The van der Waals surface area contributed by atoms with Crippen molar-refractivity contribution in [3.05, 3.63) is 53.5 Å². The van der Waals surface area contributed by atoms with Crippen LogP contribution in [0, 0.1) is 0 Å². The highest BCUT2D eigenvalue weighted by Gasteiger charge is 2.14. The predicted octanol–water partition coefficient (Wildman–Crippen LogP) is 4.27. The summed E-state index contributed by atoms with van der Waals surface area (Å²) in [7, 11) is 0. The van der Waals surface area contributed by atoms with Gasteiger partial charge < -0.3 is 14.5 Å². The zero-order chi connectivity index (χ0) is 15.3. The first-order valence-corrected chi connectivity index (χ1v) is 7.50. The van der Waals surface area contributed by atoms with Gasteiger partial charge in [-0.15, -0.1) is 0 Å². The summed E-state index contributed by atoms with van der Waals surface area (Å²) in [5.74, 6) is 1.85. The number of rotatable bonds is 6. The van der Waals surface area contributed by atoms with E-state index in [2.05, 4.69) is 45.1 Å². The molecule has 1 heterocycles. The average Bonchev–Trinajstić information content (AvgIpc) is 2.90. The van der Waals surface area contributed by atoms with Gasteiger partial charge in [0.15, 0.2) is 0 Å². The first-order chi connectivity index (χ1) is 10.0. The third-order valence-corrected chi connectivity index (χ3v) is 3.47. The molecule has 0 bridgehead atoms. The van der Waals surface area contributed by atoms with Crippen LogP contribution in [-0.4, -0.2) is 6.54 Å². The average molecular weight is 287 g/mol. The first kappa shape index (κ1) is 15.6. The lowest BCUT2D eigenvalue weighted by molar-refractivity contribution is 0.300. The molecule has 1 aromatic carbocycles. The molecule has 0 saturated heterocycles. The van der Waals surface area contributed by atoms with Crippen molar-refractivity contribution < 1.29 is 9.15 Å². The molecule has 0 radical (unpaired) electrons. The van der Waals surface area contributed by atoms with Gasteiger partial charge in [-0.2, -0.15) is 0 Å². The molecule has 1 N–H and O–H groups in total. The molecule has 0 aliphatic heterocycles.